The number of hydrogen-bond donors (Lipinski definition) is 2. The number of aliphatic carboxylic acids is 1. The number of amides is 1. The van der Waals surface area contributed by atoms with Crippen molar-refractivity contribution in [1.29, 1.82) is 0 Å². The van der Waals surface area contributed by atoms with Crippen LogP contribution in [0.2, 0.25) is 0 Å². The van der Waals surface area contributed by atoms with E-state index in [-0.39, 0.29) is 30.0 Å². The molecule has 0 aliphatic heterocycles. The van der Waals surface area contributed by atoms with Crippen LogP contribution in [0.5, 0.6) is 0 Å². The average molecular weight is 363 g/mol. The summed E-state index contributed by atoms with van der Waals surface area (Å²) in [6.07, 6.45) is 2.16. The number of carbonyl (C=O) groups excluding carboxylic acids is 1. The van der Waals surface area contributed by atoms with Gasteiger partial charge >= 0.3 is 5.97 Å². The van der Waals surface area contributed by atoms with Crippen molar-refractivity contribution in [3.8, 4) is 5.69 Å². The predicted octanol–water partition coefficient (Wildman–Crippen LogP) is 0.785. The molecule has 138 valence electrons. The molecule has 11 heteroatoms. The number of carboxylic acid groups (broad SMARTS) is 1. The van der Waals surface area contributed by atoms with E-state index in [2.05, 4.69) is 15.4 Å². The van der Waals surface area contributed by atoms with Crippen molar-refractivity contribution in [2.75, 3.05) is 13.7 Å². The number of rotatable bonds is 8. The molecule has 2 N–H and O–H groups in total. The molecule has 1 aromatic carbocycles. The minimum atomic E-state index is -1.17. The average Bonchev–Trinajstić information content (AvgIpc) is 3.07. The molecule has 1 atom stereocenters. The number of hydrogen-bond acceptors (Lipinski definition) is 7. The van der Waals surface area contributed by atoms with Crippen molar-refractivity contribution in [2.24, 2.45) is 0 Å². The van der Waals surface area contributed by atoms with Gasteiger partial charge in [-0.3, -0.25) is 19.7 Å². The predicted molar refractivity (Wildman–Crippen MR) is 88.0 cm³/mol. The Hall–Kier alpha value is -3.34. The standard InChI is InChI=1S/C15H17N5O6/c1-15(7-26-2,6-13(21)22)18-14(23)10-3-4-11(12(5-10)20(24)25)19-9-16-8-17-19/h3-5,8-9H,6-7H2,1-2H3,(H,18,23)(H,21,22). The van der Waals surface area contributed by atoms with E-state index in [1.807, 2.05) is 0 Å². The van der Waals surface area contributed by atoms with E-state index in [9.17, 15) is 19.7 Å². The maximum absolute atomic E-state index is 12.5. The Morgan fingerprint density at radius 1 is 1.46 bits per heavy atom. The molecule has 2 aromatic rings. The van der Waals surface area contributed by atoms with Crippen LogP contribution in [0.4, 0.5) is 5.69 Å². The van der Waals surface area contributed by atoms with Gasteiger partial charge in [0.2, 0.25) is 0 Å². The summed E-state index contributed by atoms with van der Waals surface area (Å²) >= 11 is 0. The number of benzene rings is 1. The van der Waals surface area contributed by atoms with E-state index in [1.165, 1.54) is 43.5 Å². The highest BCUT2D eigenvalue weighted by atomic mass is 16.6. The molecule has 0 fully saturated rings. The fourth-order valence-electron chi connectivity index (χ4n) is 2.47. The number of carbonyl (C=O) groups is 2. The number of nitrogens with zero attached hydrogens (tertiary/aromatic N) is 4. The summed E-state index contributed by atoms with van der Waals surface area (Å²) in [4.78, 5) is 37.9. The van der Waals surface area contributed by atoms with Crippen molar-refractivity contribution in [2.45, 2.75) is 18.9 Å². The van der Waals surface area contributed by atoms with E-state index in [4.69, 9.17) is 9.84 Å². The lowest BCUT2D eigenvalue weighted by molar-refractivity contribution is -0.384. The first kappa shape index (κ1) is 19.0. The maximum Gasteiger partial charge on any atom is 0.305 e. The van der Waals surface area contributed by atoms with E-state index in [0.29, 0.717) is 0 Å². The second kappa shape index (κ2) is 7.70. The summed E-state index contributed by atoms with van der Waals surface area (Å²) in [6.45, 7) is 1.48. The van der Waals surface area contributed by atoms with Crippen molar-refractivity contribution in [3.05, 3.63) is 46.5 Å². The number of nitrogens with one attached hydrogen (secondary N) is 1. The number of nitro groups is 1. The summed E-state index contributed by atoms with van der Waals surface area (Å²) in [5.41, 5.74) is -1.35. The van der Waals surface area contributed by atoms with Gasteiger partial charge in [-0.15, -0.1) is 0 Å². The van der Waals surface area contributed by atoms with Crippen LogP contribution in [0.3, 0.4) is 0 Å². The molecular formula is C15H17N5O6. The molecule has 0 spiro atoms. The van der Waals surface area contributed by atoms with Gasteiger partial charge in [-0.25, -0.2) is 9.67 Å². The fraction of sp³-hybridized carbons (Fsp3) is 0.333. The third-order valence-corrected chi connectivity index (χ3v) is 3.52. The minimum absolute atomic E-state index is 0.00767. The van der Waals surface area contributed by atoms with Gasteiger partial charge in [-0.2, -0.15) is 5.10 Å². The Labute approximate surface area is 147 Å². The van der Waals surface area contributed by atoms with Crippen LogP contribution in [0.1, 0.15) is 23.7 Å². The first-order valence-electron chi connectivity index (χ1n) is 7.42. The largest absolute Gasteiger partial charge is 0.481 e. The Morgan fingerprint density at radius 3 is 2.73 bits per heavy atom. The summed E-state index contributed by atoms with van der Waals surface area (Å²) in [7, 11) is 1.38. The fourth-order valence-corrected chi connectivity index (χ4v) is 2.47. The smallest absolute Gasteiger partial charge is 0.305 e. The molecule has 1 amide bonds. The molecule has 1 unspecified atom stereocenters. The molecule has 0 aliphatic carbocycles. The van der Waals surface area contributed by atoms with Crippen molar-refractivity contribution >= 4 is 17.6 Å². The lowest BCUT2D eigenvalue weighted by Gasteiger charge is -2.28. The van der Waals surface area contributed by atoms with Gasteiger partial charge < -0.3 is 15.2 Å². The third-order valence-electron chi connectivity index (χ3n) is 3.52. The number of ether oxygens (including phenoxy) is 1. The number of nitro benzene ring substituents is 1. The normalized spacial score (nSPS) is 13.0. The van der Waals surface area contributed by atoms with Gasteiger partial charge in [0.05, 0.1) is 23.5 Å². The second-order valence-electron chi connectivity index (χ2n) is 5.82. The lowest BCUT2D eigenvalue weighted by atomic mass is 9.98. The van der Waals surface area contributed by atoms with Crippen LogP contribution in [0, 0.1) is 10.1 Å². The van der Waals surface area contributed by atoms with E-state index >= 15 is 0 Å². The number of carboxylic acids is 1. The zero-order valence-electron chi connectivity index (χ0n) is 14.1. The molecule has 0 radical (unpaired) electrons. The van der Waals surface area contributed by atoms with Crippen molar-refractivity contribution < 1.29 is 24.4 Å². The molecule has 1 aromatic heterocycles. The van der Waals surface area contributed by atoms with Gasteiger partial charge in [-0.1, -0.05) is 0 Å². The maximum atomic E-state index is 12.5. The monoisotopic (exact) mass is 363 g/mol. The Morgan fingerprint density at radius 2 is 2.19 bits per heavy atom. The summed E-state index contributed by atoms with van der Waals surface area (Å²) in [5.74, 6) is -1.77. The van der Waals surface area contributed by atoms with Crippen LogP contribution >= 0.6 is 0 Å². The Kier molecular flexibility index (Phi) is 5.62. The van der Waals surface area contributed by atoms with Gasteiger partial charge in [-0.05, 0) is 19.1 Å². The first-order valence-corrected chi connectivity index (χ1v) is 7.42. The molecular weight excluding hydrogens is 346 g/mol. The Bertz CT molecular complexity index is 822. The zero-order valence-corrected chi connectivity index (χ0v) is 14.1. The molecule has 1 heterocycles. The van der Waals surface area contributed by atoms with Crippen LogP contribution < -0.4 is 5.32 Å². The highest BCUT2D eigenvalue weighted by Crippen LogP contribution is 2.24. The second-order valence-corrected chi connectivity index (χ2v) is 5.82. The summed E-state index contributed by atoms with van der Waals surface area (Å²) in [6, 6.07) is 3.85. The SMILES string of the molecule is COCC(C)(CC(=O)O)NC(=O)c1ccc(-n2cncn2)c([N+](=O)[O-])c1. The van der Waals surface area contributed by atoms with Gasteiger partial charge in [0.25, 0.3) is 11.6 Å². The van der Waals surface area contributed by atoms with Crippen molar-refractivity contribution in [3.63, 3.8) is 0 Å². The van der Waals surface area contributed by atoms with E-state index < -0.39 is 22.3 Å². The molecule has 2 rings (SSSR count). The number of methoxy groups -OCH3 is 1. The van der Waals surface area contributed by atoms with E-state index in [0.717, 1.165) is 6.07 Å². The summed E-state index contributed by atoms with van der Waals surface area (Å²) < 4.78 is 6.18. The van der Waals surface area contributed by atoms with Crippen LogP contribution in [-0.4, -0.2) is 55.9 Å². The van der Waals surface area contributed by atoms with Gasteiger partial charge in [0, 0.05) is 18.7 Å². The van der Waals surface area contributed by atoms with Gasteiger partial charge in [0.15, 0.2) is 0 Å². The van der Waals surface area contributed by atoms with E-state index in [1.54, 1.807) is 0 Å². The zero-order chi connectivity index (χ0) is 19.3. The summed E-state index contributed by atoms with van der Waals surface area (Å²) in [5, 5.41) is 26.7. The lowest BCUT2D eigenvalue weighted by Crippen LogP contribution is -2.50. The topological polar surface area (TPSA) is 149 Å². The highest BCUT2D eigenvalue weighted by Gasteiger charge is 2.30. The highest BCUT2D eigenvalue weighted by molar-refractivity contribution is 5.96. The first-order chi connectivity index (χ1) is 12.3. The minimum Gasteiger partial charge on any atom is -0.481 e. The van der Waals surface area contributed by atoms with Crippen LogP contribution in [0.15, 0.2) is 30.9 Å². The Balaban J connectivity index is 2.33. The molecule has 26 heavy (non-hydrogen) atoms. The molecule has 11 nitrogen and oxygen atoms in total. The third kappa shape index (κ3) is 4.39. The quantitative estimate of drug-likeness (QED) is 0.516. The van der Waals surface area contributed by atoms with Crippen LogP contribution in [-0.2, 0) is 9.53 Å². The molecule has 0 saturated carbocycles. The van der Waals surface area contributed by atoms with Gasteiger partial charge in [0.1, 0.15) is 18.3 Å². The number of aromatic nitrogens is 3. The molecule has 0 saturated heterocycles. The molecule has 0 bridgehead atoms. The van der Waals surface area contributed by atoms with Crippen molar-refractivity contribution in [1.82, 2.24) is 20.1 Å². The molecule has 0 aliphatic rings. The van der Waals surface area contributed by atoms with Crippen LogP contribution in [0.25, 0.3) is 5.69 Å².